The van der Waals surface area contributed by atoms with Crippen LogP contribution in [0.4, 0.5) is 0 Å². The number of nitrogens with zero attached hydrogens (tertiary/aromatic N) is 2. The zero-order valence-corrected chi connectivity index (χ0v) is 14.2. The molecule has 2 heterocycles. The minimum atomic E-state index is -3.35. The number of hydrogen-bond acceptors (Lipinski definition) is 4. The van der Waals surface area contributed by atoms with Gasteiger partial charge < -0.3 is 4.90 Å². The Kier molecular flexibility index (Phi) is 3.90. The van der Waals surface area contributed by atoms with E-state index in [4.69, 9.17) is 0 Å². The van der Waals surface area contributed by atoms with Crippen molar-refractivity contribution in [3.63, 3.8) is 0 Å². The van der Waals surface area contributed by atoms with Crippen LogP contribution in [0.25, 0.3) is 6.08 Å². The SMILES string of the molecule is O=S1(=O)C(N2CCN(Cc3ccccc3)CC2)=Cc2ccccc21. The Hall–Kier alpha value is -2.11. The molecule has 2 aromatic rings. The van der Waals surface area contributed by atoms with E-state index in [0.29, 0.717) is 9.92 Å². The molecule has 0 radical (unpaired) electrons. The van der Waals surface area contributed by atoms with Crippen LogP contribution in [-0.4, -0.2) is 44.4 Å². The van der Waals surface area contributed by atoms with E-state index in [2.05, 4.69) is 29.2 Å². The molecule has 0 atom stereocenters. The van der Waals surface area contributed by atoms with Crippen LogP contribution in [0.5, 0.6) is 0 Å². The number of sulfone groups is 1. The highest BCUT2D eigenvalue weighted by Gasteiger charge is 2.34. The Bertz CT molecular complexity index is 867. The van der Waals surface area contributed by atoms with Gasteiger partial charge in [-0.15, -0.1) is 0 Å². The van der Waals surface area contributed by atoms with Gasteiger partial charge in [0.1, 0.15) is 5.03 Å². The van der Waals surface area contributed by atoms with E-state index in [-0.39, 0.29) is 0 Å². The lowest BCUT2D eigenvalue weighted by Gasteiger charge is -2.36. The fraction of sp³-hybridized carbons (Fsp3) is 0.263. The summed E-state index contributed by atoms with van der Waals surface area (Å²) in [5.41, 5.74) is 2.10. The summed E-state index contributed by atoms with van der Waals surface area (Å²) in [4.78, 5) is 4.82. The first-order valence-corrected chi connectivity index (χ1v) is 9.70. The summed E-state index contributed by atoms with van der Waals surface area (Å²) in [5, 5.41) is 0.461. The summed E-state index contributed by atoms with van der Waals surface area (Å²) in [6, 6.07) is 17.6. The van der Waals surface area contributed by atoms with E-state index >= 15 is 0 Å². The second kappa shape index (κ2) is 6.07. The third kappa shape index (κ3) is 2.74. The van der Waals surface area contributed by atoms with Gasteiger partial charge in [-0.05, 0) is 23.3 Å². The third-order valence-corrected chi connectivity index (χ3v) is 6.57. The molecule has 2 aliphatic rings. The minimum Gasteiger partial charge on any atom is -0.359 e. The van der Waals surface area contributed by atoms with E-state index in [1.807, 2.05) is 29.2 Å². The predicted octanol–water partition coefficient (Wildman–Crippen LogP) is 2.59. The van der Waals surface area contributed by atoms with Crippen molar-refractivity contribution in [3.8, 4) is 0 Å². The van der Waals surface area contributed by atoms with Crippen LogP contribution in [0.15, 0.2) is 64.5 Å². The van der Waals surface area contributed by atoms with Gasteiger partial charge in [-0.2, -0.15) is 0 Å². The van der Waals surface area contributed by atoms with Crippen LogP contribution in [0.2, 0.25) is 0 Å². The van der Waals surface area contributed by atoms with Crippen LogP contribution < -0.4 is 0 Å². The average Bonchev–Trinajstić information content (AvgIpc) is 2.88. The fourth-order valence-corrected chi connectivity index (χ4v) is 5.12. The number of rotatable bonds is 3. The van der Waals surface area contributed by atoms with E-state index in [9.17, 15) is 8.42 Å². The smallest absolute Gasteiger partial charge is 0.222 e. The second-order valence-corrected chi connectivity index (χ2v) is 8.14. The molecule has 24 heavy (non-hydrogen) atoms. The molecular weight excluding hydrogens is 320 g/mol. The van der Waals surface area contributed by atoms with Gasteiger partial charge in [0.25, 0.3) is 0 Å². The quantitative estimate of drug-likeness (QED) is 0.861. The molecule has 1 fully saturated rings. The Morgan fingerprint density at radius 1 is 0.833 bits per heavy atom. The Morgan fingerprint density at radius 3 is 2.21 bits per heavy atom. The summed E-state index contributed by atoms with van der Waals surface area (Å²) >= 11 is 0. The lowest BCUT2D eigenvalue weighted by atomic mass is 10.2. The van der Waals surface area contributed by atoms with Gasteiger partial charge in [0.2, 0.25) is 9.84 Å². The van der Waals surface area contributed by atoms with E-state index in [1.54, 1.807) is 12.1 Å². The number of piperazine rings is 1. The lowest BCUT2D eigenvalue weighted by Crippen LogP contribution is -2.46. The first kappa shape index (κ1) is 15.4. The van der Waals surface area contributed by atoms with Crippen LogP contribution in [0.3, 0.4) is 0 Å². The fourth-order valence-electron chi connectivity index (χ4n) is 3.40. The van der Waals surface area contributed by atoms with Crippen LogP contribution in [-0.2, 0) is 16.4 Å². The molecule has 2 aromatic carbocycles. The minimum absolute atomic E-state index is 0.437. The highest BCUT2D eigenvalue weighted by Crippen LogP contribution is 2.34. The van der Waals surface area contributed by atoms with Crippen molar-refractivity contribution in [2.24, 2.45) is 0 Å². The van der Waals surface area contributed by atoms with Gasteiger partial charge in [-0.1, -0.05) is 48.5 Å². The monoisotopic (exact) mass is 340 g/mol. The average molecular weight is 340 g/mol. The number of fused-ring (bicyclic) bond motifs is 1. The van der Waals surface area contributed by atoms with E-state index in [1.165, 1.54) is 5.56 Å². The Labute approximate surface area is 142 Å². The van der Waals surface area contributed by atoms with Crippen molar-refractivity contribution >= 4 is 15.9 Å². The molecule has 4 nitrogen and oxygen atoms in total. The molecule has 0 aromatic heterocycles. The molecule has 4 rings (SSSR count). The number of hydrogen-bond donors (Lipinski definition) is 0. The molecule has 124 valence electrons. The summed E-state index contributed by atoms with van der Waals surface area (Å²) < 4.78 is 25.5. The van der Waals surface area contributed by atoms with Gasteiger partial charge in [0.05, 0.1) is 4.90 Å². The van der Waals surface area contributed by atoms with E-state index < -0.39 is 9.84 Å². The molecule has 5 heteroatoms. The summed E-state index contributed by atoms with van der Waals surface area (Å²) in [6.45, 7) is 4.15. The predicted molar refractivity (Wildman–Crippen MR) is 94.9 cm³/mol. The van der Waals surface area contributed by atoms with Gasteiger partial charge in [0, 0.05) is 32.7 Å². The Balaban J connectivity index is 1.46. The molecular formula is C19H20N2O2S. The summed E-state index contributed by atoms with van der Waals surface area (Å²) in [7, 11) is -3.35. The highest BCUT2D eigenvalue weighted by molar-refractivity contribution is 7.95. The molecule has 1 saturated heterocycles. The molecule has 2 aliphatic heterocycles. The molecule has 0 saturated carbocycles. The molecule has 0 N–H and O–H groups in total. The van der Waals surface area contributed by atoms with Crippen molar-refractivity contribution in [1.82, 2.24) is 9.80 Å². The van der Waals surface area contributed by atoms with Crippen molar-refractivity contribution in [2.45, 2.75) is 11.4 Å². The zero-order valence-electron chi connectivity index (χ0n) is 13.4. The van der Waals surface area contributed by atoms with Gasteiger partial charge in [-0.25, -0.2) is 8.42 Å². The maximum Gasteiger partial charge on any atom is 0.222 e. The normalized spacial score (nSPS) is 19.8. The van der Waals surface area contributed by atoms with Crippen LogP contribution in [0, 0.1) is 0 Å². The third-order valence-electron chi connectivity index (χ3n) is 4.70. The van der Waals surface area contributed by atoms with Crippen molar-refractivity contribution in [2.75, 3.05) is 26.2 Å². The first-order chi connectivity index (χ1) is 11.6. The molecule has 0 spiro atoms. The molecule has 0 aliphatic carbocycles. The zero-order chi connectivity index (χ0) is 16.6. The standard InChI is InChI=1S/C19H20N2O2S/c22-24(23)18-9-5-4-8-17(18)14-19(24)21-12-10-20(11-13-21)15-16-6-2-1-3-7-16/h1-9,14H,10-13,15H2. The summed E-state index contributed by atoms with van der Waals surface area (Å²) in [5.74, 6) is 0. The van der Waals surface area contributed by atoms with Crippen molar-refractivity contribution < 1.29 is 8.42 Å². The maximum absolute atomic E-state index is 12.7. The van der Waals surface area contributed by atoms with Crippen molar-refractivity contribution in [3.05, 3.63) is 70.8 Å². The maximum atomic E-state index is 12.7. The Morgan fingerprint density at radius 2 is 1.50 bits per heavy atom. The van der Waals surface area contributed by atoms with Gasteiger partial charge in [-0.3, -0.25) is 4.90 Å². The molecule has 0 bridgehead atoms. The number of benzene rings is 2. The molecule has 0 amide bonds. The largest absolute Gasteiger partial charge is 0.359 e. The first-order valence-electron chi connectivity index (χ1n) is 8.22. The van der Waals surface area contributed by atoms with Crippen LogP contribution in [0.1, 0.15) is 11.1 Å². The summed E-state index contributed by atoms with van der Waals surface area (Å²) in [6.07, 6.45) is 1.82. The van der Waals surface area contributed by atoms with Gasteiger partial charge in [0.15, 0.2) is 0 Å². The highest BCUT2D eigenvalue weighted by atomic mass is 32.2. The van der Waals surface area contributed by atoms with Crippen LogP contribution >= 0.6 is 0 Å². The van der Waals surface area contributed by atoms with Crippen molar-refractivity contribution in [1.29, 1.82) is 0 Å². The lowest BCUT2D eigenvalue weighted by molar-refractivity contribution is 0.159. The second-order valence-electron chi connectivity index (χ2n) is 6.27. The van der Waals surface area contributed by atoms with Gasteiger partial charge >= 0.3 is 0 Å². The topological polar surface area (TPSA) is 40.6 Å². The molecule has 0 unspecified atom stereocenters. The van der Waals surface area contributed by atoms with E-state index in [0.717, 1.165) is 38.3 Å².